The summed E-state index contributed by atoms with van der Waals surface area (Å²) in [4.78, 5) is 32.3. The van der Waals surface area contributed by atoms with Crippen molar-refractivity contribution in [1.29, 1.82) is 0 Å². The molecule has 3 aliphatic rings. The Hall–Kier alpha value is -4.45. The molecule has 2 aromatic heterocycles. The molecule has 4 unspecified atom stereocenters. The third-order valence-electron chi connectivity index (χ3n) is 9.17. The summed E-state index contributed by atoms with van der Waals surface area (Å²) in [5.41, 5.74) is 3.26. The van der Waals surface area contributed by atoms with Crippen LogP contribution in [-0.4, -0.2) is 75.9 Å². The monoisotopic (exact) mass is 626 g/mol. The third-order valence-corrected chi connectivity index (χ3v) is 9.17. The molecule has 46 heavy (non-hydrogen) atoms. The molecule has 11 heteroatoms. The van der Waals surface area contributed by atoms with Crippen LogP contribution in [-0.2, 0) is 4.79 Å². The number of aliphatic hydroxyl groups is 2. The number of aliphatic imine (C=N–C) groups is 1. The van der Waals surface area contributed by atoms with Gasteiger partial charge in [0.15, 0.2) is 0 Å². The molecule has 6 rings (SSSR count). The molecule has 1 aliphatic heterocycles. The molecule has 3 aromatic rings. The summed E-state index contributed by atoms with van der Waals surface area (Å²) < 4.78 is 15.3. The van der Waals surface area contributed by atoms with Gasteiger partial charge in [0.25, 0.3) is 5.91 Å². The van der Waals surface area contributed by atoms with E-state index in [0.717, 1.165) is 24.8 Å². The van der Waals surface area contributed by atoms with Gasteiger partial charge < -0.3 is 20.4 Å². The first-order valence-corrected chi connectivity index (χ1v) is 15.6. The Bertz CT molecular complexity index is 1760. The molecule has 3 heterocycles. The minimum atomic E-state index is -0.863. The number of amides is 2. The molecule has 4 N–H and O–H groups in total. The van der Waals surface area contributed by atoms with Crippen molar-refractivity contribution in [2.75, 3.05) is 25.1 Å². The third kappa shape index (κ3) is 5.93. The van der Waals surface area contributed by atoms with Crippen molar-refractivity contribution >= 4 is 34.8 Å². The molecule has 0 saturated heterocycles. The number of aliphatic hydroxyl groups excluding tert-OH is 2. The number of anilines is 1. The van der Waals surface area contributed by atoms with Crippen molar-refractivity contribution in [1.82, 2.24) is 20.2 Å². The number of halogens is 1. The van der Waals surface area contributed by atoms with Gasteiger partial charge in [-0.3, -0.25) is 19.9 Å². The van der Waals surface area contributed by atoms with Crippen molar-refractivity contribution in [3.63, 3.8) is 0 Å². The zero-order chi connectivity index (χ0) is 32.6. The van der Waals surface area contributed by atoms with Crippen LogP contribution >= 0.6 is 0 Å². The van der Waals surface area contributed by atoms with E-state index in [4.69, 9.17) is 5.10 Å². The van der Waals surface area contributed by atoms with E-state index in [-0.39, 0.29) is 48.4 Å². The second kappa shape index (κ2) is 12.7. The fourth-order valence-electron chi connectivity index (χ4n) is 6.46. The molecule has 10 nitrogen and oxygen atoms in total. The van der Waals surface area contributed by atoms with Crippen LogP contribution in [0.5, 0.6) is 0 Å². The van der Waals surface area contributed by atoms with Gasteiger partial charge in [-0.15, -0.1) is 0 Å². The number of carbonyl (C=O) groups excluding carboxylic acids is 2. The van der Waals surface area contributed by atoms with Crippen molar-refractivity contribution in [3.8, 4) is 11.3 Å². The number of rotatable bonds is 10. The van der Waals surface area contributed by atoms with E-state index in [9.17, 15) is 24.2 Å². The van der Waals surface area contributed by atoms with E-state index >= 15 is 0 Å². The molecule has 0 bridgehead atoms. The summed E-state index contributed by atoms with van der Waals surface area (Å²) in [5.74, 6) is -1.37. The van der Waals surface area contributed by atoms with E-state index < -0.39 is 12.0 Å². The average Bonchev–Trinajstić information content (AvgIpc) is 3.75. The van der Waals surface area contributed by atoms with E-state index in [1.54, 1.807) is 24.4 Å². The Kier molecular flexibility index (Phi) is 8.73. The Labute approximate surface area is 267 Å². The summed E-state index contributed by atoms with van der Waals surface area (Å²) in [6, 6.07) is 7.53. The minimum absolute atomic E-state index is 0.00228. The molecule has 4 atom stereocenters. The SMILES string of the molecule is CNC(=O)c1c(-c2ccc(F)cc2)nn2cc(N(CCO)C(C)=O)c(C3=CC(C(O)NC4(C5C=CCC=N5)CC4)C(C)C=C3)cc12. The lowest BCUT2D eigenvalue weighted by molar-refractivity contribution is -0.116. The van der Waals surface area contributed by atoms with Crippen LogP contribution in [0.2, 0.25) is 0 Å². The van der Waals surface area contributed by atoms with Crippen LogP contribution in [0.1, 0.15) is 49.0 Å². The number of allylic oxidation sites excluding steroid dienone is 4. The van der Waals surface area contributed by atoms with E-state index in [1.807, 2.05) is 31.4 Å². The highest BCUT2D eigenvalue weighted by Crippen LogP contribution is 2.44. The van der Waals surface area contributed by atoms with Crippen molar-refractivity contribution < 1.29 is 24.2 Å². The molecule has 0 spiro atoms. The first-order valence-electron chi connectivity index (χ1n) is 15.6. The second-order valence-corrected chi connectivity index (χ2v) is 12.2. The van der Waals surface area contributed by atoms with E-state index in [2.05, 4.69) is 27.8 Å². The maximum atomic E-state index is 13.8. The van der Waals surface area contributed by atoms with Gasteiger partial charge in [-0.05, 0) is 54.7 Å². The Morgan fingerprint density at radius 3 is 2.61 bits per heavy atom. The minimum Gasteiger partial charge on any atom is -0.395 e. The summed E-state index contributed by atoms with van der Waals surface area (Å²) in [5, 5.41) is 32.3. The number of pyridine rings is 1. The highest BCUT2D eigenvalue weighted by atomic mass is 19.1. The first kappa shape index (κ1) is 31.5. The molecule has 2 aliphatic carbocycles. The smallest absolute Gasteiger partial charge is 0.255 e. The average molecular weight is 627 g/mol. The molecule has 240 valence electrons. The van der Waals surface area contributed by atoms with Crippen LogP contribution in [0.15, 0.2) is 71.9 Å². The maximum Gasteiger partial charge on any atom is 0.255 e. The number of fused-ring (bicyclic) bond motifs is 1. The number of dihydropyridines is 1. The quantitative estimate of drug-likeness (QED) is 0.200. The molecule has 1 aromatic carbocycles. The molecule has 2 amide bonds. The van der Waals surface area contributed by atoms with Gasteiger partial charge >= 0.3 is 0 Å². The van der Waals surface area contributed by atoms with E-state index in [1.165, 1.54) is 35.5 Å². The lowest BCUT2D eigenvalue weighted by Crippen LogP contribution is -2.50. The van der Waals surface area contributed by atoms with Crippen LogP contribution in [0.25, 0.3) is 22.3 Å². The fraction of sp³-hybridized carbons (Fsp3) is 0.371. The Morgan fingerprint density at radius 2 is 1.98 bits per heavy atom. The van der Waals surface area contributed by atoms with Crippen molar-refractivity contribution in [2.45, 2.75) is 50.9 Å². The normalized spacial score (nSPS) is 22.0. The first-order chi connectivity index (χ1) is 22.2. The van der Waals surface area contributed by atoms with Crippen LogP contribution in [0, 0.1) is 17.7 Å². The Morgan fingerprint density at radius 1 is 1.22 bits per heavy atom. The van der Waals surface area contributed by atoms with Crippen LogP contribution in [0.3, 0.4) is 0 Å². The number of carbonyl (C=O) groups is 2. The molecular weight excluding hydrogens is 587 g/mol. The van der Waals surface area contributed by atoms with Crippen LogP contribution in [0.4, 0.5) is 10.1 Å². The number of benzene rings is 1. The van der Waals surface area contributed by atoms with Gasteiger partial charge in [-0.25, -0.2) is 8.91 Å². The van der Waals surface area contributed by atoms with Crippen LogP contribution < -0.4 is 15.5 Å². The zero-order valence-electron chi connectivity index (χ0n) is 26.2. The van der Waals surface area contributed by atoms with E-state index in [0.29, 0.717) is 33.6 Å². The molecule has 1 saturated carbocycles. The number of aromatic nitrogens is 2. The van der Waals surface area contributed by atoms with Crippen molar-refractivity contribution in [3.05, 3.63) is 83.9 Å². The Balaban J connectivity index is 1.47. The second-order valence-electron chi connectivity index (χ2n) is 12.2. The number of hydrogen-bond acceptors (Lipinski definition) is 7. The summed E-state index contributed by atoms with van der Waals surface area (Å²) >= 11 is 0. The number of nitrogens with zero attached hydrogens (tertiary/aromatic N) is 4. The highest BCUT2D eigenvalue weighted by Gasteiger charge is 2.50. The molecule has 0 radical (unpaired) electrons. The zero-order valence-corrected chi connectivity index (χ0v) is 26.2. The maximum absolute atomic E-state index is 13.8. The number of nitrogens with one attached hydrogen (secondary N) is 2. The fourth-order valence-corrected chi connectivity index (χ4v) is 6.46. The van der Waals surface area contributed by atoms with Gasteiger partial charge in [-0.1, -0.05) is 37.3 Å². The van der Waals surface area contributed by atoms with Gasteiger partial charge in [0.05, 0.1) is 35.6 Å². The summed E-state index contributed by atoms with van der Waals surface area (Å²) in [6.07, 6.45) is 15.6. The largest absolute Gasteiger partial charge is 0.395 e. The van der Waals surface area contributed by atoms with Gasteiger partial charge in [0.2, 0.25) is 5.91 Å². The van der Waals surface area contributed by atoms with Gasteiger partial charge in [0.1, 0.15) is 17.7 Å². The van der Waals surface area contributed by atoms with Gasteiger partial charge in [-0.2, -0.15) is 5.10 Å². The standard InChI is InChI=1S/C35H39FN6O4/c1-21-7-8-24(18-26(21)33(45)39-35(13-14-35)30-6-4-5-15-38-30)27-19-28-31(34(46)37-3)32(23-9-11-25(36)12-10-23)40-42(28)20-29(27)41(16-17-43)22(2)44/h4,6-12,15,18-21,26,30,33,39,43,45H,5,13-14,16-17H2,1-3H3,(H,37,46). The predicted octanol–water partition coefficient (Wildman–Crippen LogP) is 3.89. The lowest BCUT2D eigenvalue weighted by atomic mass is 9.83. The van der Waals surface area contributed by atoms with Gasteiger partial charge in [0, 0.05) is 55.7 Å². The van der Waals surface area contributed by atoms with Crippen molar-refractivity contribution in [2.24, 2.45) is 16.8 Å². The summed E-state index contributed by atoms with van der Waals surface area (Å²) in [7, 11) is 1.53. The number of hydrogen-bond donors (Lipinski definition) is 4. The molecule has 1 fully saturated rings. The lowest BCUT2D eigenvalue weighted by Gasteiger charge is -2.34. The summed E-state index contributed by atoms with van der Waals surface area (Å²) in [6.45, 7) is 3.25. The predicted molar refractivity (Wildman–Crippen MR) is 176 cm³/mol. The highest BCUT2D eigenvalue weighted by molar-refractivity contribution is 6.07. The molecular formula is C35H39FN6O4. The topological polar surface area (TPSA) is 132 Å².